The molecule has 0 aliphatic carbocycles. The molecular weight excluding hydrogens is 186 g/mol. The Morgan fingerprint density at radius 3 is 3.00 bits per heavy atom. The summed E-state index contributed by atoms with van der Waals surface area (Å²) in [5.41, 5.74) is 1.26. The summed E-state index contributed by atoms with van der Waals surface area (Å²) in [4.78, 5) is 4.17. The molecular formula is C12H21N3. The molecule has 0 aromatic carbocycles. The van der Waals surface area contributed by atoms with Crippen molar-refractivity contribution in [3.05, 3.63) is 30.4 Å². The molecule has 0 bridgehead atoms. The van der Waals surface area contributed by atoms with E-state index in [2.05, 4.69) is 40.9 Å². The number of rotatable bonds is 6. The third kappa shape index (κ3) is 3.88. The van der Waals surface area contributed by atoms with Crippen LogP contribution in [0, 0.1) is 0 Å². The van der Waals surface area contributed by atoms with E-state index in [-0.39, 0.29) is 0 Å². The average Bonchev–Trinajstić information content (AvgIpc) is 2.66. The minimum atomic E-state index is 0.486. The second-order valence-electron chi connectivity index (χ2n) is 3.92. The molecule has 3 nitrogen and oxygen atoms in total. The van der Waals surface area contributed by atoms with Gasteiger partial charge in [-0.05, 0) is 33.7 Å². The predicted molar refractivity (Wildman–Crippen MR) is 63.7 cm³/mol. The van der Waals surface area contributed by atoms with Crippen molar-refractivity contribution in [1.29, 1.82) is 0 Å². The molecule has 84 valence electrons. The Balaban J connectivity index is 2.34. The molecule has 0 saturated carbocycles. The molecule has 3 heteroatoms. The lowest BCUT2D eigenvalue weighted by Crippen LogP contribution is -2.17. The van der Waals surface area contributed by atoms with Crippen molar-refractivity contribution in [2.75, 3.05) is 6.54 Å². The summed E-state index contributed by atoms with van der Waals surface area (Å²) in [6.45, 7) is 8.31. The lowest BCUT2D eigenvalue weighted by atomic mass is 10.3. The largest absolute Gasteiger partial charge is 0.331 e. The van der Waals surface area contributed by atoms with E-state index in [1.165, 1.54) is 5.69 Å². The molecule has 0 unspecified atom stereocenters. The van der Waals surface area contributed by atoms with Gasteiger partial charge in [0.25, 0.3) is 0 Å². The molecule has 1 heterocycles. The Labute approximate surface area is 92.2 Å². The van der Waals surface area contributed by atoms with Gasteiger partial charge in [0.05, 0.1) is 12.0 Å². The minimum absolute atomic E-state index is 0.486. The fraction of sp³-hybridized carbons (Fsp3) is 0.583. The first-order valence-electron chi connectivity index (χ1n) is 5.58. The monoisotopic (exact) mass is 207 g/mol. The number of nitrogens with one attached hydrogen (secondary N) is 1. The molecule has 0 spiro atoms. The topological polar surface area (TPSA) is 29.9 Å². The van der Waals surface area contributed by atoms with Gasteiger partial charge in [-0.3, -0.25) is 0 Å². The summed E-state index contributed by atoms with van der Waals surface area (Å²) in [6, 6.07) is 0.486. The van der Waals surface area contributed by atoms with Crippen LogP contribution < -0.4 is 5.32 Å². The smallest absolute Gasteiger partial charge is 0.0951 e. The van der Waals surface area contributed by atoms with Crippen LogP contribution in [-0.2, 0) is 6.54 Å². The van der Waals surface area contributed by atoms with Gasteiger partial charge in [0.2, 0.25) is 0 Å². The van der Waals surface area contributed by atoms with Gasteiger partial charge >= 0.3 is 0 Å². The first-order chi connectivity index (χ1) is 7.25. The molecule has 0 atom stereocenters. The Kier molecular flexibility index (Phi) is 5.12. The molecule has 15 heavy (non-hydrogen) atoms. The van der Waals surface area contributed by atoms with Crippen LogP contribution in [0.25, 0.3) is 0 Å². The highest BCUT2D eigenvalue weighted by molar-refractivity contribution is 4.99. The van der Waals surface area contributed by atoms with Gasteiger partial charge in [-0.25, -0.2) is 4.98 Å². The van der Waals surface area contributed by atoms with Crippen LogP contribution >= 0.6 is 0 Å². The number of imidazole rings is 1. The summed E-state index contributed by atoms with van der Waals surface area (Å²) in [7, 11) is 0. The lowest BCUT2D eigenvalue weighted by Gasteiger charge is -2.11. The Hall–Kier alpha value is -1.09. The molecule has 0 saturated heterocycles. The lowest BCUT2D eigenvalue weighted by molar-refractivity contribution is 0.552. The summed E-state index contributed by atoms with van der Waals surface area (Å²) < 4.78 is 2.20. The van der Waals surface area contributed by atoms with Crippen molar-refractivity contribution in [3.63, 3.8) is 0 Å². The van der Waals surface area contributed by atoms with Gasteiger partial charge in [0, 0.05) is 18.8 Å². The number of aromatic nitrogens is 2. The molecule has 1 aromatic heterocycles. The van der Waals surface area contributed by atoms with Crippen molar-refractivity contribution in [2.24, 2.45) is 0 Å². The Morgan fingerprint density at radius 1 is 1.53 bits per heavy atom. The number of hydrogen-bond acceptors (Lipinski definition) is 2. The molecule has 1 rings (SSSR count). The minimum Gasteiger partial charge on any atom is -0.331 e. The molecule has 0 aliphatic heterocycles. The van der Waals surface area contributed by atoms with E-state index in [9.17, 15) is 0 Å². The van der Waals surface area contributed by atoms with E-state index in [4.69, 9.17) is 0 Å². The zero-order valence-electron chi connectivity index (χ0n) is 9.90. The van der Waals surface area contributed by atoms with Crippen LogP contribution in [0.3, 0.4) is 0 Å². The molecule has 1 N–H and O–H groups in total. The van der Waals surface area contributed by atoms with Crippen molar-refractivity contribution in [1.82, 2.24) is 14.9 Å². The molecule has 0 radical (unpaired) electrons. The highest BCUT2D eigenvalue weighted by atomic mass is 15.1. The van der Waals surface area contributed by atoms with E-state index in [0.29, 0.717) is 6.04 Å². The second kappa shape index (κ2) is 6.40. The van der Waals surface area contributed by atoms with Crippen LogP contribution in [0.5, 0.6) is 0 Å². The van der Waals surface area contributed by atoms with Gasteiger partial charge in [0.1, 0.15) is 0 Å². The zero-order valence-corrected chi connectivity index (χ0v) is 9.90. The number of allylic oxidation sites excluding steroid dienone is 1. The number of hydrogen-bond donors (Lipinski definition) is 1. The maximum absolute atomic E-state index is 4.17. The Morgan fingerprint density at radius 2 is 2.33 bits per heavy atom. The van der Waals surface area contributed by atoms with Gasteiger partial charge in [0.15, 0.2) is 0 Å². The molecule has 1 aromatic rings. The highest BCUT2D eigenvalue weighted by Crippen LogP contribution is 2.08. The van der Waals surface area contributed by atoms with Crippen molar-refractivity contribution >= 4 is 0 Å². The fourth-order valence-electron chi connectivity index (χ4n) is 1.50. The summed E-state index contributed by atoms with van der Waals surface area (Å²) in [6.07, 6.45) is 9.18. The Bertz CT molecular complexity index is 300. The van der Waals surface area contributed by atoms with Crippen molar-refractivity contribution in [3.8, 4) is 0 Å². The molecule has 0 aliphatic rings. The summed E-state index contributed by atoms with van der Waals surface area (Å²) in [5.74, 6) is 0. The van der Waals surface area contributed by atoms with Gasteiger partial charge < -0.3 is 9.88 Å². The fourth-order valence-corrected chi connectivity index (χ4v) is 1.50. The maximum Gasteiger partial charge on any atom is 0.0951 e. The second-order valence-corrected chi connectivity index (χ2v) is 3.92. The van der Waals surface area contributed by atoms with Crippen molar-refractivity contribution < 1.29 is 0 Å². The van der Waals surface area contributed by atoms with Crippen LogP contribution in [0.1, 0.15) is 38.9 Å². The molecule has 0 amide bonds. The summed E-state index contributed by atoms with van der Waals surface area (Å²) >= 11 is 0. The summed E-state index contributed by atoms with van der Waals surface area (Å²) in [5, 5.41) is 3.41. The molecule has 0 fully saturated rings. The SMILES string of the molecule is C/C=C/CCNCc1cncn1C(C)C. The van der Waals surface area contributed by atoms with Gasteiger partial charge in [-0.15, -0.1) is 0 Å². The van der Waals surface area contributed by atoms with Gasteiger partial charge in [-0.1, -0.05) is 12.2 Å². The van der Waals surface area contributed by atoms with E-state index in [0.717, 1.165) is 19.5 Å². The van der Waals surface area contributed by atoms with E-state index in [1.54, 1.807) is 0 Å². The average molecular weight is 207 g/mol. The third-order valence-electron chi connectivity index (χ3n) is 2.33. The van der Waals surface area contributed by atoms with Crippen LogP contribution in [-0.4, -0.2) is 16.1 Å². The normalized spacial score (nSPS) is 11.7. The predicted octanol–water partition coefficient (Wildman–Crippen LogP) is 2.52. The van der Waals surface area contributed by atoms with Crippen LogP contribution in [0.2, 0.25) is 0 Å². The van der Waals surface area contributed by atoms with E-state index < -0.39 is 0 Å². The zero-order chi connectivity index (χ0) is 11.1. The third-order valence-corrected chi connectivity index (χ3v) is 2.33. The van der Waals surface area contributed by atoms with Crippen molar-refractivity contribution in [2.45, 2.75) is 39.8 Å². The first kappa shape index (κ1) is 12.0. The maximum atomic E-state index is 4.17. The quantitative estimate of drug-likeness (QED) is 0.574. The highest BCUT2D eigenvalue weighted by Gasteiger charge is 2.03. The van der Waals surface area contributed by atoms with Gasteiger partial charge in [-0.2, -0.15) is 0 Å². The standard InChI is InChI=1S/C12H21N3/c1-4-5-6-7-13-8-12-9-14-10-15(12)11(2)3/h4-5,9-11,13H,6-8H2,1-3H3/b5-4+. The van der Waals surface area contributed by atoms with E-state index >= 15 is 0 Å². The number of nitrogens with zero attached hydrogens (tertiary/aromatic N) is 2. The van der Waals surface area contributed by atoms with Crippen LogP contribution in [0.15, 0.2) is 24.7 Å². The van der Waals surface area contributed by atoms with Crippen LogP contribution in [0.4, 0.5) is 0 Å². The first-order valence-corrected chi connectivity index (χ1v) is 5.58. The van der Waals surface area contributed by atoms with E-state index in [1.807, 2.05) is 19.4 Å².